The SMILES string of the molecule is Cc1nnc(-c2ccc(OCCOCCOCCOCCOCCC(=O)NCC3O[C@H](OP(=O)(O)OP(=O)(O)OC[C@H]4O[C@@H](n5cnc6c(=O)[nH]c(C)cc65)[C@@H](O)C4O)C(O)[C@@H](O)[C@@H]3O)cc2)nn1. The topological polar surface area (TPSA) is 399 Å². The summed E-state index contributed by atoms with van der Waals surface area (Å²) in [7, 11) is -11.3. The monoisotopic (exact) mass is 1020 g/mol. The summed E-state index contributed by atoms with van der Waals surface area (Å²) in [6.07, 6.45) is -15.1. The molecule has 1 aromatic carbocycles. The predicted octanol–water partition coefficient (Wildman–Crippen LogP) is -2.08. The number of carbonyl (C=O) groups is 1. The van der Waals surface area contributed by atoms with E-state index in [2.05, 4.69) is 40.0 Å². The molecule has 9 N–H and O–H groups in total. The van der Waals surface area contributed by atoms with Gasteiger partial charge in [0.15, 0.2) is 23.9 Å². The van der Waals surface area contributed by atoms with E-state index in [0.717, 1.165) is 5.56 Å². The van der Waals surface area contributed by atoms with E-state index < -0.39 is 95.5 Å². The molecule has 0 spiro atoms. The Hall–Kier alpha value is -4.33. The molecule has 5 heterocycles. The third kappa shape index (κ3) is 15.6. The second-order valence-electron chi connectivity index (χ2n) is 15.3. The minimum atomic E-state index is -5.71. The van der Waals surface area contributed by atoms with Crippen LogP contribution >= 0.6 is 15.6 Å². The molecule has 0 radical (unpaired) electrons. The summed E-state index contributed by atoms with van der Waals surface area (Å²) in [5, 5.41) is 70.6. The molecule has 382 valence electrons. The molecule has 4 aromatic rings. The van der Waals surface area contributed by atoms with E-state index in [-0.39, 0.29) is 43.9 Å². The van der Waals surface area contributed by atoms with Gasteiger partial charge in [-0.25, -0.2) is 14.1 Å². The van der Waals surface area contributed by atoms with Crippen LogP contribution in [0.4, 0.5) is 0 Å². The lowest BCUT2D eigenvalue weighted by Gasteiger charge is -2.40. The fourth-order valence-electron chi connectivity index (χ4n) is 6.65. The van der Waals surface area contributed by atoms with Gasteiger partial charge in [0.05, 0.1) is 71.3 Å². The van der Waals surface area contributed by atoms with Gasteiger partial charge in [0.1, 0.15) is 55.1 Å². The average Bonchev–Trinajstić information content (AvgIpc) is 3.85. The number of phosphoric acid groups is 2. The van der Waals surface area contributed by atoms with E-state index in [0.29, 0.717) is 56.1 Å². The lowest BCUT2D eigenvalue weighted by atomic mass is 9.99. The zero-order valence-corrected chi connectivity index (χ0v) is 38.9. The number of aliphatic hydroxyl groups is 5. The normalized spacial score (nSPS) is 25.6. The molecular weight excluding hydrogens is 966 g/mol. The number of hydrogen-bond acceptors (Lipinski definition) is 24. The summed E-state index contributed by atoms with van der Waals surface area (Å²) in [4.78, 5) is 51.7. The number of imidazole rings is 1. The molecule has 29 nitrogen and oxygen atoms in total. The molecule has 2 fully saturated rings. The molecule has 11 atom stereocenters. The maximum atomic E-state index is 12.8. The van der Waals surface area contributed by atoms with Gasteiger partial charge in [-0.05, 0) is 44.2 Å². The van der Waals surface area contributed by atoms with Crippen LogP contribution in [0.2, 0.25) is 0 Å². The van der Waals surface area contributed by atoms with Crippen molar-refractivity contribution >= 4 is 32.6 Å². The van der Waals surface area contributed by atoms with Crippen LogP contribution in [0.3, 0.4) is 0 Å². The van der Waals surface area contributed by atoms with Crippen molar-refractivity contribution in [3.8, 4) is 17.1 Å². The summed E-state index contributed by atoms with van der Waals surface area (Å²) in [6, 6.07) is 8.73. The van der Waals surface area contributed by atoms with Crippen molar-refractivity contribution in [2.45, 2.75) is 75.5 Å². The highest BCUT2D eigenvalue weighted by Gasteiger charge is 2.50. The second-order valence-corrected chi connectivity index (χ2v) is 18.3. The molecule has 1 amide bonds. The number of carbonyl (C=O) groups excluding carboxylic acids is 1. The van der Waals surface area contributed by atoms with Crippen molar-refractivity contribution in [1.29, 1.82) is 0 Å². The van der Waals surface area contributed by atoms with E-state index in [4.69, 9.17) is 42.2 Å². The van der Waals surface area contributed by atoms with Crippen molar-refractivity contribution in [3.05, 3.63) is 58.5 Å². The molecule has 5 unspecified atom stereocenters. The minimum absolute atomic E-state index is 0.00684. The van der Waals surface area contributed by atoms with E-state index in [1.165, 1.54) is 17.0 Å². The number of ether oxygens (including phenoxy) is 7. The number of nitrogens with zero attached hydrogens (tertiary/aromatic N) is 6. The molecule has 2 saturated heterocycles. The molecular formula is C38H54N8O21P2. The number of amides is 1. The number of phosphoric ester groups is 2. The van der Waals surface area contributed by atoms with Gasteiger partial charge in [-0.1, -0.05) is 0 Å². The molecule has 0 aliphatic carbocycles. The number of aryl methyl sites for hydroxylation is 2. The fraction of sp³-hybridized carbons (Fsp3) is 0.605. The Morgan fingerprint density at radius 1 is 0.768 bits per heavy atom. The predicted molar refractivity (Wildman–Crippen MR) is 230 cm³/mol. The third-order valence-corrected chi connectivity index (χ3v) is 12.7. The van der Waals surface area contributed by atoms with Gasteiger partial charge in [-0.3, -0.25) is 18.6 Å². The Morgan fingerprint density at radius 3 is 2.03 bits per heavy atom. The van der Waals surface area contributed by atoms with Gasteiger partial charge in [0, 0.05) is 24.2 Å². The molecule has 31 heteroatoms. The third-order valence-electron chi connectivity index (χ3n) is 10.1. The summed E-state index contributed by atoms with van der Waals surface area (Å²) < 4.78 is 78.8. The number of pyridine rings is 1. The number of aromatic amines is 1. The second kappa shape index (κ2) is 25.2. The molecule has 69 heavy (non-hydrogen) atoms. The minimum Gasteiger partial charge on any atom is -0.491 e. The maximum Gasteiger partial charge on any atom is 0.483 e. The van der Waals surface area contributed by atoms with Crippen LogP contribution in [0.1, 0.15) is 24.2 Å². The van der Waals surface area contributed by atoms with Gasteiger partial charge in [0.2, 0.25) is 11.7 Å². The molecule has 0 bridgehead atoms. The Kier molecular flexibility index (Phi) is 19.7. The number of fused-ring (bicyclic) bond motifs is 1. The summed E-state index contributed by atoms with van der Waals surface area (Å²) in [5.74, 6) is 0.977. The van der Waals surface area contributed by atoms with Crippen LogP contribution in [0.15, 0.2) is 41.5 Å². The maximum absolute atomic E-state index is 12.8. The summed E-state index contributed by atoms with van der Waals surface area (Å²) in [6.45, 7) is 4.15. The van der Waals surface area contributed by atoms with Crippen molar-refractivity contribution in [3.63, 3.8) is 0 Å². The van der Waals surface area contributed by atoms with Crippen molar-refractivity contribution in [2.75, 3.05) is 72.6 Å². The number of rotatable bonds is 27. The highest BCUT2D eigenvalue weighted by molar-refractivity contribution is 7.61. The lowest BCUT2D eigenvalue weighted by molar-refractivity contribution is -0.273. The first kappa shape index (κ1) is 54.0. The molecule has 6 rings (SSSR count). The van der Waals surface area contributed by atoms with Crippen LogP contribution in [-0.4, -0.2) is 198 Å². The molecule has 3 aromatic heterocycles. The number of H-pyrrole nitrogens is 1. The first-order valence-electron chi connectivity index (χ1n) is 21.2. The smallest absolute Gasteiger partial charge is 0.483 e. The molecule has 0 saturated carbocycles. The number of aliphatic hydroxyl groups excluding tert-OH is 5. The van der Waals surface area contributed by atoms with Crippen LogP contribution in [-0.2, 0) is 55.7 Å². The van der Waals surface area contributed by atoms with Crippen molar-refractivity contribution in [1.82, 2.24) is 40.2 Å². The zero-order valence-electron chi connectivity index (χ0n) is 37.1. The number of aromatic nitrogens is 7. The Balaban J connectivity index is 0.798. The van der Waals surface area contributed by atoms with Crippen LogP contribution < -0.4 is 15.6 Å². The standard InChI is InChI=1S/C38H54N8O21P2/c1-21-17-25-29(36(53)41-21)40-20-46(25)37-33(51)31(49)27(64-37)19-63-68(54,55)67-69(56,57)66-38-34(52)32(50)30(48)26(65-38)18-39-28(47)7-8-58-9-10-59-11-12-60-13-14-61-15-16-62-24-5-3-23(4-6-24)35-44-42-22(2)43-45-35/h3-6,17,20,26-27,30-34,37-38,48-52H,7-16,18-19H2,1-2H3,(H,39,47)(H,41,53)(H,54,55)(H,56,57)/t26?,27-,30-,31?,32+,33+,34?,37-,38-/m1/s1. The highest BCUT2D eigenvalue weighted by atomic mass is 31.3. The Labute approximate surface area is 391 Å². The molecule has 2 aliphatic rings. The van der Waals surface area contributed by atoms with Crippen molar-refractivity contribution in [2.24, 2.45) is 0 Å². The van der Waals surface area contributed by atoms with Gasteiger partial charge in [-0.15, -0.1) is 20.4 Å². The number of benzene rings is 1. The lowest BCUT2D eigenvalue weighted by Crippen LogP contribution is -2.60. The van der Waals surface area contributed by atoms with Crippen LogP contribution in [0.5, 0.6) is 5.75 Å². The fourth-order valence-corrected chi connectivity index (χ4v) is 8.81. The summed E-state index contributed by atoms with van der Waals surface area (Å²) >= 11 is 0. The van der Waals surface area contributed by atoms with Gasteiger partial charge in [-0.2, -0.15) is 4.31 Å². The van der Waals surface area contributed by atoms with E-state index >= 15 is 0 Å². The van der Waals surface area contributed by atoms with Crippen LogP contribution in [0.25, 0.3) is 22.4 Å². The Bertz CT molecular complexity index is 2420. The first-order valence-corrected chi connectivity index (χ1v) is 24.2. The van der Waals surface area contributed by atoms with Gasteiger partial charge >= 0.3 is 15.6 Å². The molecule has 2 aliphatic heterocycles. The average molecular weight is 1020 g/mol. The quantitative estimate of drug-likeness (QED) is 0.0229. The van der Waals surface area contributed by atoms with Gasteiger partial charge in [0.25, 0.3) is 5.56 Å². The van der Waals surface area contributed by atoms with Crippen LogP contribution in [0, 0.1) is 13.8 Å². The zero-order chi connectivity index (χ0) is 49.7. The highest BCUT2D eigenvalue weighted by Crippen LogP contribution is 2.61. The van der Waals surface area contributed by atoms with Gasteiger partial charge < -0.3 is 83.3 Å². The number of nitrogens with one attached hydrogen (secondary N) is 2. The first-order chi connectivity index (χ1) is 32.9. The van der Waals surface area contributed by atoms with E-state index in [1.54, 1.807) is 26.0 Å². The largest absolute Gasteiger partial charge is 0.491 e. The summed E-state index contributed by atoms with van der Waals surface area (Å²) in [5.41, 5.74) is 0.944. The van der Waals surface area contributed by atoms with E-state index in [9.17, 15) is 54.0 Å². The van der Waals surface area contributed by atoms with Crippen molar-refractivity contribution < 1.29 is 95.8 Å². The van der Waals surface area contributed by atoms with E-state index in [1.807, 2.05) is 12.1 Å². The Morgan fingerprint density at radius 2 is 1.38 bits per heavy atom. The number of hydrogen-bond donors (Lipinski definition) is 9.